The summed E-state index contributed by atoms with van der Waals surface area (Å²) in [6.07, 6.45) is 2.67. The van der Waals surface area contributed by atoms with E-state index in [1.807, 2.05) is 0 Å². The minimum absolute atomic E-state index is 0.0498. The normalized spacial score (nSPS) is 11.6. The van der Waals surface area contributed by atoms with E-state index in [9.17, 15) is 4.79 Å². The van der Waals surface area contributed by atoms with Gasteiger partial charge in [-0.1, -0.05) is 0 Å². The summed E-state index contributed by atoms with van der Waals surface area (Å²) in [5.74, 6) is -1.10. The third-order valence-corrected chi connectivity index (χ3v) is 2.60. The summed E-state index contributed by atoms with van der Waals surface area (Å²) >= 11 is 0. The number of carboxylic acid groups (broad SMARTS) is 1. The Hall–Kier alpha value is -2.07. The molecule has 122 valence electrons. The van der Waals surface area contributed by atoms with Gasteiger partial charge < -0.3 is 27.2 Å². The predicted octanol–water partition coefficient (Wildman–Crippen LogP) is -1.94. The number of hydrogen-bond acceptors (Lipinski definition) is 5. The van der Waals surface area contributed by atoms with E-state index in [0.717, 1.165) is 12.8 Å². The number of carbonyl (C=O) groups is 1. The van der Waals surface area contributed by atoms with Crippen molar-refractivity contribution < 1.29 is 9.90 Å². The molecule has 11 N–H and O–H groups in total. The van der Waals surface area contributed by atoms with Crippen LogP contribution in [-0.2, 0) is 4.79 Å². The number of hydrazine groups is 1. The van der Waals surface area contributed by atoms with Crippen LogP contribution in [-0.4, -0.2) is 48.7 Å². The fraction of sp³-hybridized carbons (Fsp3) is 0.727. The Labute approximate surface area is 124 Å². The summed E-state index contributed by atoms with van der Waals surface area (Å²) in [5, 5.41) is 28.3. The van der Waals surface area contributed by atoms with Gasteiger partial charge in [-0.25, -0.2) is 5.43 Å². The van der Waals surface area contributed by atoms with Gasteiger partial charge >= 0.3 is 5.97 Å². The highest BCUT2D eigenvalue weighted by Crippen LogP contribution is 1.96. The summed E-state index contributed by atoms with van der Waals surface area (Å²) in [6.45, 7) is 1.71. The molecule has 0 aromatic carbocycles. The van der Waals surface area contributed by atoms with Gasteiger partial charge in [0.15, 0.2) is 11.9 Å². The number of rotatable bonds is 12. The Morgan fingerprint density at radius 2 is 1.52 bits per heavy atom. The van der Waals surface area contributed by atoms with E-state index in [1.165, 1.54) is 0 Å². The van der Waals surface area contributed by atoms with Gasteiger partial charge in [-0.05, 0) is 25.7 Å². The monoisotopic (exact) mass is 302 g/mol. The van der Waals surface area contributed by atoms with Crippen LogP contribution in [0.25, 0.3) is 0 Å². The van der Waals surface area contributed by atoms with Gasteiger partial charge in [0.2, 0.25) is 0 Å². The Morgan fingerprint density at radius 1 is 1.00 bits per heavy atom. The van der Waals surface area contributed by atoms with Crippen molar-refractivity contribution in [3.63, 3.8) is 0 Å². The van der Waals surface area contributed by atoms with Crippen molar-refractivity contribution in [1.29, 1.82) is 10.8 Å². The van der Waals surface area contributed by atoms with E-state index in [0.29, 0.717) is 32.5 Å². The van der Waals surface area contributed by atoms with Crippen LogP contribution >= 0.6 is 0 Å². The number of guanidine groups is 2. The van der Waals surface area contributed by atoms with Crippen molar-refractivity contribution >= 4 is 17.9 Å². The Balaban J connectivity index is 3.63. The predicted molar refractivity (Wildman–Crippen MR) is 80.9 cm³/mol. The lowest BCUT2D eigenvalue weighted by Gasteiger charge is -2.15. The molecule has 0 aliphatic rings. The molecule has 0 bridgehead atoms. The molecule has 21 heavy (non-hydrogen) atoms. The molecule has 0 fully saturated rings. The average Bonchev–Trinajstić information content (AvgIpc) is 2.38. The third-order valence-electron chi connectivity index (χ3n) is 2.60. The van der Waals surface area contributed by atoms with E-state index in [-0.39, 0.29) is 11.9 Å². The third kappa shape index (κ3) is 12.7. The first-order valence-corrected chi connectivity index (χ1v) is 6.80. The van der Waals surface area contributed by atoms with E-state index in [4.69, 9.17) is 27.4 Å². The van der Waals surface area contributed by atoms with Crippen LogP contribution in [0, 0.1) is 10.8 Å². The van der Waals surface area contributed by atoms with E-state index in [1.54, 1.807) is 0 Å². The van der Waals surface area contributed by atoms with Crippen LogP contribution in [0.1, 0.15) is 25.7 Å². The standard InChI is InChI=1S/C11H26N8O2/c12-10(13)16-5-1-2-7-18-19-8(9(20)21)4-3-6-17-11(14)15/h8,18-19H,1-7H2,(H,20,21)(H4,12,13,16)(H4,14,15,17)/t8-/m0/s1. The first-order valence-electron chi connectivity index (χ1n) is 6.80. The molecule has 0 saturated heterocycles. The molecule has 0 radical (unpaired) electrons. The van der Waals surface area contributed by atoms with Crippen LogP contribution in [0.4, 0.5) is 0 Å². The maximum atomic E-state index is 11.0. The van der Waals surface area contributed by atoms with Crippen molar-refractivity contribution in [3.05, 3.63) is 0 Å². The molecule has 0 aromatic heterocycles. The molecule has 0 aromatic rings. The van der Waals surface area contributed by atoms with Gasteiger partial charge in [0.1, 0.15) is 6.04 Å². The average molecular weight is 302 g/mol. The van der Waals surface area contributed by atoms with Gasteiger partial charge in [0.25, 0.3) is 0 Å². The first kappa shape index (κ1) is 18.9. The molecule has 10 nitrogen and oxygen atoms in total. The van der Waals surface area contributed by atoms with E-state index in [2.05, 4.69) is 21.5 Å². The maximum absolute atomic E-state index is 11.0. The van der Waals surface area contributed by atoms with Crippen LogP contribution in [0.15, 0.2) is 0 Å². The van der Waals surface area contributed by atoms with Gasteiger partial charge in [0, 0.05) is 19.6 Å². The summed E-state index contributed by atoms with van der Waals surface area (Å²) in [5.41, 5.74) is 15.9. The van der Waals surface area contributed by atoms with Crippen LogP contribution in [0.5, 0.6) is 0 Å². The number of carboxylic acids is 1. The molecule has 0 rings (SSSR count). The molecule has 0 unspecified atom stereocenters. The van der Waals surface area contributed by atoms with Crippen LogP contribution in [0.2, 0.25) is 0 Å². The Morgan fingerprint density at radius 3 is 2.05 bits per heavy atom. The molecule has 0 saturated carbocycles. The van der Waals surface area contributed by atoms with E-state index < -0.39 is 12.0 Å². The SMILES string of the molecule is N=C(N)NCCCCNN[C@@H](CCCNC(=N)N)C(=O)O. The molecule has 0 spiro atoms. The smallest absolute Gasteiger partial charge is 0.322 e. The number of nitrogens with one attached hydrogen (secondary N) is 6. The Bertz CT molecular complexity index is 336. The molecule has 0 amide bonds. The first-order chi connectivity index (χ1) is 9.93. The zero-order chi connectivity index (χ0) is 16.1. The van der Waals surface area contributed by atoms with Gasteiger partial charge in [-0.15, -0.1) is 0 Å². The van der Waals surface area contributed by atoms with Gasteiger partial charge in [0.05, 0.1) is 0 Å². The summed E-state index contributed by atoms with van der Waals surface area (Å²) in [4.78, 5) is 11.0. The minimum Gasteiger partial charge on any atom is -0.480 e. The summed E-state index contributed by atoms with van der Waals surface area (Å²) in [6, 6.07) is -0.686. The highest BCUT2D eigenvalue weighted by molar-refractivity contribution is 5.74. The van der Waals surface area contributed by atoms with Crippen LogP contribution in [0.3, 0.4) is 0 Å². The molecule has 1 atom stereocenters. The quantitative estimate of drug-likeness (QED) is 0.0862. The summed E-state index contributed by atoms with van der Waals surface area (Å²) in [7, 11) is 0. The Kier molecular flexibility index (Phi) is 10.6. The van der Waals surface area contributed by atoms with Gasteiger partial charge in [-0.2, -0.15) is 0 Å². The highest BCUT2D eigenvalue weighted by atomic mass is 16.4. The molecular weight excluding hydrogens is 276 g/mol. The molecule has 0 aliphatic carbocycles. The molecule has 0 aliphatic heterocycles. The van der Waals surface area contributed by atoms with Crippen molar-refractivity contribution in [2.75, 3.05) is 19.6 Å². The zero-order valence-electron chi connectivity index (χ0n) is 12.0. The second-order valence-corrected chi connectivity index (χ2v) is 4.49. The summed E-state index contributed by atoms with van der Waals surface area (Å²) < 4.78 is 0. The zero-order valence-corrected chi connectivity index (χ0v) is 12.0. The number of unbranched alkanes of at least 4 members (excludes halogenated alkanes) is 1. The number of aliphatic carboxylic acids is 1. The number of hydrogen-bond donors (Lipinski definition) is 9. The van der Waals surface area contributed by atoms with Crippen molar-refractivity contribution in [3.8, 4) is 0 Å². The fourth-order valence-electron chi connectivity index (χ4n) is 1.54. The number of nitrogens with two attached hydrogens (primary N) is 2. The lowest BCUT2D eigenvalue weighted by molar-refractivity contribution is -0.140. The van der Waals surface area contributed by atoms with Gasteiger partial charge in [-0.3, -0.25) is 21.0 Å². The molecule has 10 heteroatoms. The highest BCUT2D eigenvalue weighted by Gasteiger charge is 2.15. The minimum atomic E-state index is -0.927. The van der Waals surface area contributed by atoms with Crippen molar-refractivity contribution in [2.45, 2.75) is 31.7 Å². The lowest BCUT2D eigenvalue weighted by atomic mass is 10.1. The van der Waals surface area contributed by atoms with Crippen molar-refractivity contribution in [1.82, 2.24) is 21.5 Å². The van der Waals surface area contributed by atoms with Crippen LogP contribution < -0.4 is 33.0 Å². The maximum Gasteiger partial charge on any atom is 0.322 e. The molecule has 0 heterocycles. The topological polar surface area (TPSA) is 185 Å². The largest absolute Gasteiger partial charge is 0.480 e. The van der Waals surface area contributed by atoms with E-state index >= 15 is 0 Å². The molecular formula is C11H26N8O2. The fourth-order valence-corrected chi connectivity index (χ4v) is 1.54. The second kappa shape index (κ2) is 11.7. The van der Waals surface area contributed by atoms with Crippen molar-refractivity contribution in [2.24, 2.45) is 11.5 Å². The second-order valence-electron chi connectivity index (χ2n) is 4.49. The lowest BCUT2D eigenvalue weighted by Crippen LogP contribution is -2.46.